The summed E-state index contributed by atoms with van der Waals surface area (Å²) < 4.78 is 0.358. The molecule has 0 aromatic rings. The molecule has 0 unspecified atom stereocenters. The van der Waals surface area contributed by atoms with Gasteiger partial charge in [0, 0.05) is 18.3 Å². The number of amides is 1. The lowest BCUT2D eigenvalue weighted by molar-refractivity contribution is -0.131. The first kappa shape index (κ1) is 20.5. The van der Waals surface area contributed by atoms with Gasteiger partial charge in [-0.2, -0.15) is 0 Å². The lowest BCUT2D eigenvalue weighted by atomic mass is 9.84. The number of Topliss-reactive ketones (excluding diaryl/α,β-unsaturated/α-hetero) is 2. The molecule has 21 heavy (non-hydrogen) atoms. The van der Waals surface area contributed by atoms with E-state index < -0.39 is 11.5 Å². The van der Waals surface area contributed by atoms with Crippen molar-refractivity contribution in [3.63, 3.8) is 0 Å². The second-order valence-corrected chi connectivity index (χ2v) is 7.12. The minimum absolute atomic E-state index is 0.0744. The number of nitrogens with one attached hydrogen (secondary N) is 1. The Labute approximate surface area is 142 Å². The van der Waals surface area contributed by atoms with Crippen LogP contribution in [0.5, 0.6) is 0 Å². The van der Waals surface area contributed by atoms with Crippen LogP contribution >= 0.6 is 22.6 Å². The summed E-state index contributed by atoms with van der Waals surface area (Å²) in [6, 6.07) is -0.408. The van der Waals surface area contributed by atoms with Crippen LogP contribution in [0.15, 0.2) is 0 Å². The molecule has 0 aromatic carbocycles. The largest absolute Gasteiger partial charge is 0.346 e. The van der Waals surface area contributed by atoms with Crippen LogP contribution in [0.25, 0.3) is 0 Å². The van der Waals surface area contributed by atoms with Gasteiger partial charge in [-0.05, 0) is 12.8 Å². The molecule has 0 bridgehead atoms. The van der Waals surface area contributed by atoms with E-state index in [2.05, 4.69) is 5.32 Å². The van der Waals surface area contributed by atoms with Gasteiger partial charge in [0.05, 0.1) is 10.5 Å². The number of unbranched alkanes of at least 4 members (excludes halogenated alkanes) is 2. The minimum Gasteiger partial charge on any atom is -0.346 e. The molecule has 0 aliphatic rings. The first-order valence-corrected chi connectivity index (χ1v) is 9.16. The van der Waals surface area contributed by atoms with Crippen molar-refractivity contribution in [1.29, 1.82) is 0 Å². The van der Waals surface area contributed by atoms with E-state index in [0.29, 0.717) is 23.7 Å². The first-order valence-electron chi connectivity index (χ1n) is 7.63. The number of rotatable bonds is 10. The van der Waals surface area contributed by atoms with Crippen LogP contribution in [0.1, 0.15) is 66.2 Å². The Morgan fingerprint density at radius 3 is 2.19 bits per heavy atom. The van der Waals surface area contributed by atoms with Gasteiger partial charge in [-0.25, -0.2) is 0 Å². The predicted molar refractivity (Wildman–Crippen MR) is 93.7 cm³/mol. The highest BCUT2D eigenvalue weighted by Crippen LogP contribution is 2.20. The van der Waals surface area contributed by atoms with Gasteiger partial charge in [0.25, 0.3) is 0 Å². The Hall–Kier alpha value is -0.460. The third-order valence-corrected chi connectivity index (χ3v) is 4.05. The second kappa shape index (κ2) is 10.3. The molecule has 5 heteroatoms. The van der Waals surface area contributed by atoms with Crippen molar-refractivity contribution in [3.8, 4) is 0 Å². The molecular weight excluding hydrogens is 381 g/mol. The Balaban J connectivity index is 4.32. The number of carbonyl (C=O) groups excluding carboxylic acids is 3. The monoisotopic (exact) mass is 409 g/mol. The average Bonchev–Trinajstić information content (AvgIpc) is 2.43. The number of ketones is 2. The van der Waals surface area contributed by atoms with E-state index in [9.17, 15) is 14.4 Å². The molecule has 0 saturated carbocycles. The summed E-state index contributed by atoms with van der Waals surface area (Å²) in [6.45, 7) is 7.50. The van der Waals surface area contributed by atoms with Crippen LogP contribution in [0.4, 0.5) is 0 Å². The molecule has 0 fully saturated rings. The van der Waals surface area contributed by atoms with Crippen molar-refractivity contribution in [2.75, 3.05) is 4.43 Å². The van der Waals surface area contributed by atoms with Crippen molar-refractivity contribution < 1.29 is 14.4 Å². The van der Waals surface area contributed by atoms with E-state index >= 15 is 0 Å². The molecule has 1 N–H and O–H groups in total. The number of carbonyl (C=O) groups is 3. The molecule has 0 aliphatic heterocycles. The quantitative estimate of drug-likeness (QED) is 0.342. The molecule has 0 aliphatic carbocycles. The standard InChI is InChI=1S/C16H28INO3/c1-5-12(19)9-7-6-8-10-13(18-14(20)11-17)15(21)16(2,3)4/h13H,5-11H2,1-4H3,(H,18,20)/t13-/m0/s1. The van der Waals surface area contributed by atoms with Gasteiger partial charge in [0.1, 0.15) is 5.78 Å². The summed E-state index contributed by atoms with van der Waals surface area (Å²) >= 11 is 1.99. The van der Waals surface area contributed by atoms with Crippen molar-refractivity contribution in [2.24, 2.45) is 5.41 Å². The van der Waals surface area contributed by atoms with Crippen molar-refractivity contribution in [1.82, 2.24) is 5.32 Å². The molecule has 0 radical (unpaired) electrons. The highest BCUT2D eigenvalue weighted by molar-refractivity contribution is 14.1. The zero-order valence-corrected chi connectivity index (χ0v) is 15.8. The highest BCUT2D eigenvalue weighted by Gasteiger charge is 2.30. The fourth-order valence-electron chi connectivity index (χ4n) is 2.05. The van der Waals surface area contributed by atoms with Crippen LogP contribution < -0.4 is 5.32 Å². The molecule has 0 saturated heterocycles. The molecule has 0 aromatic heterocycles. The van der Waals surface area contributed by atoms with Crippen LogP contribution in [-0.4, -0.2) is 27.9 Å². The molecule has 122 valence electrons. The zero-order valence-electron chi connectivity index (χ0n) is 13.6. The topological polar surface area (TPSA) is 63.2 Å². The van der Waals surface area contributed by atoms with Gasteiger partial charge in [0.15, 0.2) is 5.78 Å². The SMILES string of the molecule is CCC(=O)CCCCC[C@H](NC(=O)CI)C(=O)C(C)(C)C. The molecule has 0 rings (SSSR count). The minimum atomic E-state index is -0.457. The maximum absolute atomic E-state index is 12.4. The molecule has 0 spiro atoms. The van der Waals surface area contributed by atoms with Crippen molar-refractivity contribution in [3.05, 3.63) is 0 Å². The van der Waals surface area contributed by atoms with E-state index in [1.807, 2.05) is 50.3 Å². The third kappa shape index (κ3) is 9.22. The second-order valence-electron chi connectivity index (χ2n) is 6.36. The number of alkyl halides is 1. The van der Waals surface area contributed by atoms with Crippen molar-refractivity contribution in [2.45, 2.75) is 72.3 Å². The van der Waals surface area contributed by atoms with Crippen molar-refractivity contribution >= 4 is 40.1 Å². The van der Waals surface area contributed by atoms with Gasteiger partial charge in [-0.3, -0.25) is 14.4 Å². The summed E-state index contributed by atoms with van der Waals surface area (Å²) in [5, 5.41) is 2.82. The molecule has 1 atom stereocenters. The maximum Gasteiger partial charge on any atom is 0.230 e. The Kier molecular flexibility index (Phi) is 10.1. The van der Waals surface area contributed by atoms with Crippen LogP contribution in [0.3, 0.4) is 0 Å². The Bertz CT molecular complexity index is 361. The normalized spacial score (nSPS) is 12.8. The fourth-order valence-corrected chi connectivity index (χ4v) is 2.27. The van der Waals surface area contributed by atoms with Gasteiger partial charge in [-0.1, -0.05) is 63.1 Å². The molecule has 4 nitrogen and oxygen atoms in total. The van der Waals surface area contributed by atoms with E-state index in [-0.39, 0.29) is 17.5 Å². The van der Waals surface area contributed by atoms with E-state index in [0.717, 1.165) is 19.3 Å². The van der Waals surface area contributed by atoms with Gasteiger partial charge >= 0.3 is 0 Å². The Morgan fingerprint density at radius 1 is 1.10 bits per heavy atom. The Morgan fingerprint density at radius 2 is 1.71 bits per heavy atom. The molecular formula is C16H28INO3. The smallest absolute Gasteiger partial charge is 0.230 e. The summed E-state index contributed by atoms with van der Waals surface area (Å²) in [7, 11) is 0. The number of hydrogen-bond acceptors (Lipinski definition) is 3. The average molecular weight is 409 g/mol. The predicted octanol–water partition coefficient (Wildman–Crippen LogP) is 3.45. The van der Waals surface area contributed by atoms with Gasteiger partial charge in [0.2, 0.25) is 5.91 Å². The zero-order chi connectivity index (χ0) is 16.5. The summed E-state index contributed by atoms with van der Waals surface area (Å²) in [5.41, 5.74) is -0.457. The van der Waals surface area contributed by atoms with Crippen LogP contribution in [0.2, 0.25) is 0 Å². The van der Waals surface area contributed by atoms with Crippen LogP contribution in [0, 0.1) is 5.41 Å². The maximum atomic E-state index is 12.4. The fraction of sp³-hybridized carbons (Fsp3) is 0.812. The van der Waals surface area contributed by atoms with Gasteiger partial charge in [-0.15, -0.1) is 0 Å². The van der Waals surface area contributed by atoms with Crippen LogP contribution in [-0.2, 0) is 14.4 Å². The third-order valence-electron chi connectivity index (χ3n) is 3.36. The van der Waals surface area contributed by atoms with E-state index in [1.165, 1.54) is 0 Å². The lowest BCUT2D eigenvalue weighted by Crippen LogP contribution is -2.46. The summed E-state index contributed by atoms with van der Waals surface area (Å²) in [5.74, 6) is 0.264. The van der Waals surface area contributed by atoms with E-state index in [4.69, 9.17) is 0 Å². The number of halogens is 1. The molecule has 1 amide bonds. The summed E-state index contributed by atoms with van der Waals surface area (Å²) in [4.78, 5) is 35.1. The highest BCUT2D eigenvalue weighted by atomic mass is 127. The molecule has 0 heterocycles. The first-order chi connectivity index (χ1) is 9.72. The van der Waals surface area contributed by atoms with E-state index in [1.54, 1.807) is 0 Å². The van der Waals surface area contributed by atoms with Gasteiger partial charge < -0.3 is 5.32 Å². The lowest BCUT2D eigenvalue weighted by Gasteiger charge is -2.25. The summed E-state index contributed by atoms with van der Waals surface area (Å²) in [6.07, 6.45) is 4.50. The number of hydrogen-bond donors (Lipinski definition) is 1.